The first-order valence-corrected chi connectivity index (χ1v) is 13.7. The van der Waals surface area contributed by atoms with Crippen molar-refractivity contribution in [2.45, 2.75) is 71.3 Å². The van der Waals surface area contributed by atoms with E-state index >= 15 is 0 Å². The van der Waals surface area contributed by atoms with Crippen molar-refractivity contribution in [1.82, 2.24) is 29.3 Å². The first-order chi connectivity index (χ1) is 18.7. The number of hydrogen-bond donors (Lipinski definition) is 0. The van der Waals surface area contributed by atoms with Gasteiger partial charge in [-0.1, -0.05) is 0 Å². The van der Waals surface area contributed by atoms with Gasteiger partial charge in [-0.15, -0.1) is 0 Å². The molecular weight excluding hydrogens is 513 g/mol. The lowest BCUT2D eigenvalue weighted by Gasteiger charge is -2.40. The summed E-state index contributed by atoms with van der Waals surface area (Å²) < 4.78 is 49.4. The van der Waals surface area contributed by atoms with Crippen LogP contribution in [0, 0.1) is 12.3 Å². The van der Waals surface area contributed by atoms with E-state index in [1.807, 2.05) is 11.8 Å². The van der Waals surface area contributed by atoms with E-state index < -0.39 is 11.9 Å². The second kappa shape index (κ2) is 9.76. The molecule has 210 valence electrons. The molecular formula is C26H33F3N8O2. The van der Waals surface area contributed by atoms with Crippen molar-refractivity contribution in [1.29, 1.82) is 0 Å². The van der Waals surface area contributed by atoms with E-state index in [0.717, 1.165) is 44.6 Å². The molecule has 0 saturated carbocycles. The van der Waals surface area contributed by atoms with Crippen LogP contribution in [0.2, 0.25) is 0 Å². The smallest absolute Gasteiger partial charge is 0.356 e. The predicted molar refractivity (Wildman–Crippen MR) is 139 cm³/mol. The second-order valence-electron chi connectivity index (χ2n) is 10.9. The summed E-state index contributed by atoms with van der Waals surface area (Å²) >= 11 is 0. The summed E-state index contributed by atoms with van der Waals surface area (Å²) in [5, 5.41) is 4.97. The van der Waals surface area contributed by atoms with Gasteiger partial charge in [-0.3, -0.25) is 9.36 Å². The molecule has 39 heavy (non-hydrogen) atoms. The summed E-state index contributed by atoms with van der Waals surface area (Å²) in [5.74, 6) is 1.09. The van der Waals surface area contributed by atoms with Crippen molar-refractivity contribution in [3.8, 4) is 0 Å². The molecule has 3 saturated heterocycles. The molecule has 1 unspecified atom stereocenters. The van der Waals surface area contributed by atoms with Gasteiger partial charge in [0.1, 0.15) is 22.7 Å². The third-order valence-corrected chi connectivity index (χ3v) is 8.42. The standard InChI is InChI=1S/C26H33F3N8O2/c1-3-36-23(38)18-15-30-37(21-6-4-5-13-39-21)22(18)33-24(36)34-10-7-25(8-11-34)9-12-35(16-25)20-14-19(26(27,28)29)31-17(2)32-20/h14-15,21H,3-13,16H2,1-2H3. The minimum atomic E-state index is -4.51. The summed E-state index contributed by atoms with van der Waals surface area (Å²) in [6, 6.07) is 1.05. The van der Waals surface area contributed by atoms with Crippen LogP contribution >= 0.6 is 0 Å². The number of piperidine rings is 1. The van der Waals surface area contributed by atoms with Crippen LogP contribution in [0.5, 0.6) is 0 Å². The number of nitrogens with zero attached hydrogens (tertiary/aromatic N) is 8. The number of fused-ring (bicyclic) bond motifs is 1. The molecule has 6 rings (SSSR count). The molecule has 3 aromatic rings. The van der Waals surface area contributed by atoms with E-state index in [-0.39, 0.29) is 23.0 Å². The molecule has 3 aromatic heterocycles. The SMILES string of the molecule is CCn1c(N2CCC3(CCN(c4cc(C(F)(F)F)nc(C)n4)C3)CC2)nc2c(cnn2C2CCCCO2)c1=O. The Morgan fingerprint density at radius 2 is 1.82 bits per heavy atom. The zero-order valence-electron chi connectivity index (χ0n) is 22.2. The largest absolute Gasteiger partial charge is 0.433 e. The lowest BCUT2D eigenvalue weighted by atomic mass is 9.78. The third kappa shape index (κ3) is 4.74. The van der Waals surface area contributed by atoms with Crippen molar-refractivity contribution in [2.75, 3.05) is 42.6 Å². The summed E-state index contributed by atoms with van der Waals surface area (Å²) in [5.41, 5.74) is -0.477. The molecule has 0 amide bonds. The van der Waals surface area contributed by atoms with Crippen LogP contribution in [0.3, 0.4) is 0 Å². The minimum Gasteiger partial charge on any atom is -0.356 e. The number of alkyl halides is 3. The molecule has 0 bridgehead atoms. The number of halogens is 3. The highest BCUT2D eigenvalue weighted by Gasteiger charge is 2.42. The number of hydrogen-bond acceptors (Lipinski definition) is 8. The lowest BCUT2D eigenvalue weighted by Crippen LogP contribution is -2.44. The maximum atomic E-state index is 13.4. The van der Waals surface area contributed by atoms with Gasteiger partial charge in [0, 0.05) is 45.4 Å². The second-order valence-corrected chi connectivity index (χ2v) is 10.9. The van der Waals surface area contributed by atoms with Crippen LogP contribution < -0.4 is 15.4 Å². The van der Waals surface area contributed by atoms with Crippen LogP contribution in [0.25, 0.3) is 11.0 Å². The maximum absolute atomic E-state index is 13.4. The summed E-state index contributed by atoms with van der Waals surface area (Å²) in [6.07, 6.45) is 2.35. The number of ether oxygens (including phenoxy) is 1. The summed E-state index contributed by atoms with van der Waals surface area (Å²) in [6.45, 7) is 7.30. The fraction of sp³-hybridized carbons (Fsp3) is 0.654. The Labute approximate surface area is 223 Å². The van der Waals surface area contributed by atoms with Gasteiger partial charge in [-0.05, 0) is 57.8 Å². The summed E-state index contributed by atoms with van der Waals surface area (Å²) in [7, 11) is 0. The number of aryl methyl sites for hydroxylation is 1. The molecule has 1 atom stereocenters. The van der Waals surface area contributed by atoms with E-state index in [1.54, 1.807) is 15.4 Å². The first kappa shape index (κ1) is 26.0. The number of rotatable bonds is 4. The molecule has 3 aliphatic heterocycles. The van der Waals surface area contributed by atoms with Crippen LogP contribution in [0.4, 0.5) is 24.9 Å². The van der Waals surface area contributed by atoms with Crippen molar-refractivity contribution < 1.29 is 17.9 Å². The van der Waals surface area contributed by atoms with E-state index in [0.29, 0.717) is 62.1 Å². The molecule has 1 spiro atoms. The van der Waals surface area contributed by atoms with Gasteiger partial charge in [-0.2, -0.15) is 23.3 Å². The lowest BCUT2D eigenvalue weighted by molar-refractivity contribution is -0.141. The topological polar surface area (TPSA) is 94.2 Å². The first-order valence-electron chi connectivity index (χ1n) is 13.7. The van der Waals surface area contributed by atoms with Crippen molar-refractivity contribution in [2.24, 2.45) is 5.41 Å². The molecule has 13 heteroatoms. The Hall–Kier alpha value is -3.22. The average Bonchev–Trinajstić information content (AvgIpc) is 3.54. The molecule has 3 fully saturated rings. The van der Waals surface area contributed by atoms with E-state index in [2.05, 4.69) is 20.0 Å². The van der Waals surface area contributed by atoms with Crippen LogP contribution in [0.1, 0.15) is 63.2 Å². The monoisotopic (exact) mass is 546 g/mol. The quantitative estimate of drug-likeness (QED) is 0.486. The van der Waals surface area contributed by atoms with Gasteiger partial charge in [0.2, 0.25) is 5.95 Å². The molecule has 0 radical (unpaired) electrons. The van der Waals surface area contributed by atoms with Crippen molar-refractivity contribution in [3.63, 3.8) is 0 Å². The zero-order chi connectivity index (χ0) is 27.4. The van der Waals surface area contributed by atoms with Crippen molar-refractivity contribution >= 4 is 22.8 Å². The zero-order valence-corrected chi connectivity index (χ0v) is 22.2. The maximum Gasteiger partial charge on any atom is 0.433 e. The van der Waals surface area contributed by atoms with E-state index in [1.165, 1.54) is 6.92 Å². The normalized spacial score (nSPS) is 21.8. The summed E-state index contributed by atoms with van der Waals surface area (Å²) in [4.78, 5) is 30.4. The highest BCUT2D eigenvalue weighted by molar-refractivity contribution is 5.75. The Balaban J connectivity index is 1.22. The number of anilines is 2. The van der Waals surface area contributed by atoms with Crippen LogP contribution in [-0.4, -0.2) is 62.1 Å². The van der Waals surface area contributed by atoms with Gasteiger partial charge in [0.05, 0.1) is 6.20 Å². The Kier molecular flexibility index (Phi) is 6.51. The Morgan fingerprint density at radius 3 is 2.49 bits per heavy atom. The molecule has 10 nitrogen and oxygen atoms in total. The van der Waals surface area contributed by atoms with Crippen molar-refractivity contribution in [3.05, 3.63) is 34.1 Å². The fourth-order valence-electron chi connectivity index (χ4n) is 6.24. The van der Waals surface area contributed by atoms with Gasteiger partial charge < -0.3 is 14.5 Å². The Morgan fingerprint density at radius 1 is 1.08 bits per heavy atom. The van der Waals surface area contributed by atoms with Gasteiger partial charge in [0.15, 0.2) is 11.9 Å². The molecule has 0 N–H and O–H groups in total. The molecule has 3 aliphatic rings. The average molecular weight is 547 g/mol. The van der Waals surface area contributed by atoms with E-state index in [9.17, 15) is 18.0 Å². The highest BCUT2D eigenvalue weighted by Crippen LogP contribution is 2.43. The van der Waals surface area contributed by atoms with Crippen LogP contribution in [-0.2, 0) is 17.5 Å². The fourth-order valence-corrected chi connectivity index (χ4v) is 6.24. The van der Waals surface area contributed by atoms with Gasteiger partial charge in [0.25, 0.3) is 5.56 Å². The molecule has 0 aliphatic carbocycles. The van der Waals surface area contributed by atoms with E-state index in [4.69, 9.17) is 9.72 Å². The Bertz CT molecular complexity index is 1420. The highest BCUT2D eigenvalue weighted by atomic mass is 19.4. The predicted octanol–water partition coefficient (Wildman–Crippen LogP) is 3.93. The molecule has 0 aromatic carbocycles. The third-order valence-electron chi connectivity index (χ3n) is 8.42. The number of aromatic nitrogens is 6. The minimum absolute atomic E-state index is 0.0209. The van der Waals surface area contributed by atoms with Crippen LogP contribution in [0.15, 0.2) is 17.1 Å². The van der Waals surface area contributed by atoms with Gasteiger partial charge in [-0.25, -0.2) is 14.6 Å². The molecule has 6 heterocycles. The van der Waals surface area contributed by atoms with Gasteiger partial charge >= 0.3 is 6.18 Å².